The first-order chi connectivity index (χ1) is 9.24. The van der Waals surface area contributed by atoms with E-state index < -0.39 is 0 Å². The summed E-state index contributed by atoms with van der Waals surface area (Å²) >= 11 is 6.11. The number of hydrogen-bond acceptors (Lipinski definition) is 2. The summed E-state index contributed by atoms with van der Waals surface area (Å²) in [6.45, 7) is 0.884. The molecule has 2 heterocycles. The van der Waals surface area contributed by atoms with Crippen LogP contribution in [0.3, 0.4) is 0 Å². The van der Waals surface area contributed by atoms with Crippen LogP contribution < -0.4 is 10.2 Å². The van der Waals surface area contributed by atoms with Gasteiger partial charge in [-0.1, -0.05) is 23.7 Å². The lowest BCUT2D eigenvalue weighted by Crippen LogP contribution is -2.13. The molecule has 0 aromatic heterocycles. The van der Waals surface area contributed by atoms with Crippen LogP contribution >= 0.6 is 11.6 Å². The molecule has 1 N–H and O–H groups in total. The van der Waals surface area contributed by atoms with Crippen LogP contribution in [0.5, 0.6) is 0 Å². The third-order valence-electron chi connectivity index (χ3n) is 3.72. The Morgan fingerprint density at radius 1 is 1.21 bits per heavy atom. The number of amides is 1. The average Bonchev–Trinajstić information content (AvgIpc) is 2.76. The predicted octanol–water partition coefficient (Wildman–Crippen LogP) is 3.60. The highest BCUT2D eigenvalue weighted by Gasteiger charge is 2.31. The Labute approximate surface area is 115 Å². The Balaban J connectivity index is 2.04. The Morgan fingerprint density at radius 2 is 2.05 bits per heavy atom. The van der Waals surface area contributed by atoms with Gasteiger partial charge in [0.2, 0.25) is 0 Å². The van der Waals surface area contributed by atoms with E-state index in [9.17, 15) is 4.79 Å². The van der Waals surface area contributed by atoms with Crippen LogP contribution in [0.15, 0.2) is 36.4 Å². The number of rotatable bonds is 0. The van der Waals surface area contributed by atoms with Gasteiger partial charge in [-0.2, -0.15) is 0 Å². The van der Waals surface area contributed by atoms with Gasteiger partial charge in [0.25, 0.3) is 5.91 Å². The predicted molar refractivity (Wildman–Crippen MR) is 76.6 cm³/mol. The lowest BCUT2D eigenvalue weighted by Gasteiger charge is -2.20. The number of para-hydroxylation sites is 2. The molecule has 0 bridgehead atoms. The molecule has 1 amide bonds. The van der Waals surface area contributed by atoms with Gasteiger partial charge in [0.05, 0.1) is 22.6 Å². The number of fused-ring (bicyclic) bond motifs is 2. The van der Waals surface area contributed by atoms with Crippen molar-refractivity contribution in [3.8, 4) is 0 Å². The number of benzene rings is 2. The Hall–Kier alpha value is -2.00. The Morgan fingerprint density at radius 3 is 2.95 bits per heavy atom. The first-order valence-corrected chi connectivity index (χ1v) is 6.62. The van der Waals surface area contributed by atoms with Crippen molar-refractivity contribution in [3.63, 3.8) is 0 Å². The zero-order valence-corrected chi connectivity index (χ0v) is 10.9. The normalized spacial score (nSPS) is 15.6. The second kappa shape index (κ2) is 3.75. The molecule has 2 aliphatic rings. The number of nitrogens with zero attached hydrogens (tertiary/aromatic N) is 1. The van der Waals surface area contributed by atoms with Gasteiger partial charge in [-0.05, 0) is 36.2 Å². The van der Waals surface area contributed by atoms with E-state index in [1.54, 1.807) is 6.07 Å². The lowest BCUT2D eigenvalue weighted by molar-refractivity contribution is 0.102. The third-order valence-corrected chi connectivity index (χ3v) is 3.93. The van der Waals surface area contributed by atoms with Crippen LogP contribution in [0.1, 0.15) is 15.9 Å². The molecule has 2 aliphatic heterocycles. The molecule has 2 aromatic rings. The minimum atomic E-state index is -0.0874. The molecule has 4 heteroatoms. The summed E-state index contributed by atoms with van der Waals surface area (Å²) in [6.07, 6.45) is 0.921. The molecule has 0 fully saturated rings. The number of hydrogen-bond donors (Lipinski definition) is 1. The minimum Gasteiger partial charge on any atom is -0.339 e. The zero-order valence-electron chi connectivity index (χ0n) is 10.1. The SMILES string of the molecule is O=C1Nc2ccccc2N2CCc3cc(Cl)cc1c32. The molecule has 0 unspecified atom stereocenters. The van der Waals surface area contributed by atoms with E-state index in [0.717, 1.165) is 35.6 Å². The summed E-state index contributed by atoms with van der Waals surface area (Å²) in [5.74, 6) is -0.0874. The molecule has 94 valence electrons. The average molecular weight is 271 g/mol. The fourth-order valence-electron chi connectivity index (χ4n) is 2.93. The fraction of sp³-hybridized carbons (Fsp3) is 0.133. The summed E-state index contributed by atoms with van der Waals surface area (Å²) in [6, 6.07) is 11.6. The highest BCUT2D eigenvalue weighted by Crippen LogP contribution is 2.44. The smallest absolute Gasteiger partial charge is 0.257 e. The lowest BCUT2D eigenvalue weighted by atomic mass is 10.1. The Bertz CT molecular complexity index is 711. The van der Waals surface area contributed by atoms with Crippen LogP contribution in [0.25, 0.3) is 0 Å². The molecule has 3 nitrogen and oxygen atoms in total. The maximum Gasteiger partial charge on any atom is 0.257 e. The summed E-state index contributed by atoms with van der Waals surface area (Å²) in [5, 5.41) is 3.58. The van der Waals surface area contributed by atoms with Crippen LogP contribution in [-0.2, 0) is 6.42 Å². The van der Waals surface area contributed by atoms with Crippen LogP contribution in [0.2, 0.25) is 5.02 Å². The molecule has 0 radical (unpaired) electrons. The van der Waals surface area contributed by atoms with Gasteiger partial charge in [0.1, 0.15) is 0 Å². The van der Waals surface area contributed by atoms with Gasteiger partial charge >= 0.3 is 0 Å². The third kappa shape index (κ3) is 1.48. The number of carbonyl (C=O) groups is 1. The molecule has 4 rings (SSSR count). The quantitative estimate of drug-likeness (QED) is 0.793. The second-order valence-corrected chi connectivity index (χ2v) is 5.27. The van der Waals surface area contributed by atoms with Gasteiger partial charge in [-0.3, -0.25) is 4.79 Å². The van der Waals surface area contributed by atoms with Crippen LogP contribution in [0, 0.1) is 0 Å². The molecule has 0 atom stereocenters. The van der Waals surface area contributed by atoms with E-state index in [2.05, 4.69) is 10.2 Å². The first kappa shape index (κ1) is 10.9. The summed E-state index contributed by atoms with van der Waals surface area (Å²) < 4.78 is 0. The van der Waals surface area contributed by atoms with Crippen molar-refractivity contribution in [1.29, 1.82) is 0 Å². The maximum absolute atomic E-state index is 12.3. The molecular weight excluding hydrogens is 260 g/mol. The van der Waals surface area contributed by atoms with Gasteiger partial charge in [-0.25, -0.2) is 0 Å². The molecule has 2 aromatic carbocycles. The van der Waals surface area contributed by atoms with Crippen molar-refractivity contribution in [2.45, 2.75) is 6.42 Å². The fourth-order valence-corrected chi connectivity index (χ4v) is 3.17. The van der Waals surface area contributed by atoms with E-state index in [0.29, 0.717) is 10.6 Å². The summed E-state index contributed by atoms with van der Waals surface area (Å²) in [4.78, 5) is 14.6. The molecule has 0 saturated carbocycles. The van der Waals surface area contributed by atoms with Gasteiger partial charge in [0.15, 0.2) is 0 Å². The van der Waals surface area contributed by atoms with Crippen molar-refractivity contribution in [2.24, 2.45) is 0 Å². The minimum absolute atomic E-state index is 0.0874. The van der Waals surface area contributed by atoms with Crippen molar-refractivity contribution < 1.29 is 4.79 Å². The molecule has 0 saturated heterocycles. The first-order valence-electron chi connectivity index (χ1n) is 6.24. The molecular formula is C15H11ClN2O. The van der Waals surface area contributed by atoms with Gasteiger partial charge < -0.3 is 10.2 Å². The monoisotopic (exact) mass is 270 g/mol. The molecule has 19 heavy (non-hydrogen) atoms. The maximum atomic E-state index is 12.3. The largest absolute Gasteiger partial charge is 0.339 e. The standard InChI is InChI=1S/C15H11ClN2O/c16-10-7-9-5-6-18-13-4-2-1-3-12(13)17-15(19)11(8-10)14(9)18/h1-4,7-8H,5-6H2,(H,17,19). The topological polar surface area (TPSA) is 32.3 Å². The summed E-state index contributed by atoms with van der Waals surface area (Å²) in [7, 11) is 0. The highest BCUT2D eigenvalue weighted by molar-refractivity contribution is 6.31. The Kier molecular flexibility index (Phi) is 2.15. The van der Waals surface area contributed by atoms with Crippen LogP contribution in [0.4, 0.5) is 17.1 Å². The molecule has 0 aliphatic carbocycles. The number of nitrogens with one attached hydrogen (secondary N) is 1. The van der Waals surface area contributed by atoms with E-state index in [-0.39, 0.29) is 5.91 Å². The summed E-state index contributed by atoms with van der Waals surface area (Å²) in [5.41, 5.74) is 4.72. The van der Waals surface area contributed by atoms with Crippen molar-refractivity contribution in [3.05, 3.63) is 52.5 Å². The van der Waals surface area contributed by atoms with Gasteiger partial charge in [-0.15, -0.1) is 0 Å². The van der Waals surface area contributed by atoms with Crippen molar-refractivity contribution in [1.82, 2.24) is 0 Å². The van der Waals surface area contributed by atoms with Gasteiger partial charge in [0, 0.05) is 11.6 Å². The number of carbonyl (C=O) groups excluding carboxylic acids is 1. The van der Waals surface area contributed by atoms with E-state index >= 15 is 0 Å². The van der Waals surface area contributed by atoms with E-state index in [1.807, 2.05) is 30.3 Å². The zero-order chi connectivity index (χ0) is 13.0. The second-order valence-electron chi connectivity index (χ2n) is 4.83. The molecule has 0 spiro atoms. The van der Waals surface area contributed by atoms with E-state index in [4.69, 9.17) is 11.6 Å². The van der Waals surface area contributed by atoms with Crippen molar-refractivity contribution in [2.75, 3.05) is 16.8 Å². The number of anilines is 3. The van der Waals surface area contributed by atoms with Crippen LogP contribution in [-0.4, -0.2) is 12.5 Å². The van der Waals surface area contributed by atoms with Crippen molar-refractivity contribution >= 4 is 34.6 Å². The number of halogens is 1. The van der Waals surface area contributed by atoms with E-state index in [1.165, 1.54) is 0 Å². The highest BCUT2D eigenvalue weighted by atomic mass is 35.5.